The molecule has 0 bridgehead atoms. The Morgan fingerprint density at radius 1 is 1.21 bits per heavy atom. The smallest absolute Gasteiger partial charge is 0.357 e. The Labute approximate surface area is 174 Å². The number of halogens is 1. The molecule has 2 aromatic rings. The first kappa shape index (κ1) is 22.3. The van der Waals surface area contributed by atoms with Gasteiger partial charge in [0.15, 0.2) is 5.69 Å². The lowest BCUT2D eigenvalue weighted by atomic mass is 10.1. The summed E-state index contributed by atoms with van der Waals surface area (Å²) in [5.74, 6) is -0.657. The van der Waals surface area contributed by atoms with Gasteiger partial charge in [0.2, 0.25) is 5.91 Å². The molecule has 6 nitrogen and oxygen atoms in total. The van der Waals surface area contributed by atoms with E-state index in [1.807, 2.05) is 37.3 Å². The number of esters is 1. The van der Waals surface area contributed by atoms with E-state index >= 15 is 0 Å². The van der Waals surface area contributed by atoms with Crippen LogP contribution in [0.25, 0.3) is 0 Å². The second kappa shape index (κ2) is 11.8. The zero-order valence-corrected chi connectivity index (χ0v) is 17.7. The molecular formula is C20H25ClN2O4S. The molecule has 1 aromatic carbocycles. The summed E-state index contributed by atoms with van der Waals surface area (Å²) < 4.78 is 10.3. The molecule has 1 amide bonds. The highest BCUT2D eigenvalue weighted by Crippen LogP contribution is 2.24. The first-order chi connectivity index (χ1) is 13.6. The van der Waals surface area contributed by atoms with E-state index in [0.717, 1.165) is 5.56 Å². The highest BCUT2D eigenvalue weighted by atomic mass is 35.5. The molecule has 2 rings (SSSR count). The van der Waals surface area contributed by atoms with Crippen LogP contribution < -0.4 is 0 Å². The number of alkyl halides is 1. The maximum absolute atomic E-state index is 13.0. The average Bonchev–Trinajstić information content (AvgIpc) is 3.19. The fraction of sp³-hybridized carbons (Fsp3) is 0.450. The molecule has 0 aliphatic carbocycles. The number of ether oxygens (including phenoxy) is 2. The standard InChI is InChI=1S/C20H25ClN2O4S/c1-3-26-12-8-11-23(19(24)18(21)15-9-6-5-7-10-15)13-17-22-16(14-28-17)20(25)27-4-2/h5-7,9-10,14,18H,3-4,8,11-13H2,1-2H3. The number of amides is 1. The van der Waals surface area contributed by atoms with Crippen LogP contribution in [0, 0.1) is 0 Å². The fourth-order valence-electron chi connectivity index (χ4n) is 2.54. The predicted octanol–water partition coefficient (Wildman–Crippen LogP) is 4.06. The van der Waals surface area contributed by atoms with E-state index in [2.05, 4.69) is 4.98 Å². The number of carbonyl (C=O) groups is 2. The van der Waals surface area contributed by atoms with Crippen molar-refractivity contribution in [2.24, 2.45) is 0 Å². The van der Waals surface area contributed by atoms with Gasteiger partial charge in [0, 0.05) is 25.1 Å². The maximum Gasteiger partial charge on any atom is 0.357 e. The van der Waals surface area contributed by atoms with Gasteiger partial charge in [-0.1, -0.05) is 30.3 Å². The molecule has 1 heterocycles. The van der Waals surface area contributed by atoms with Crippen molar-refractivity contribution in [2.75, 3.05) is 26.4 Å². The van der Waals surface area contributed by atoms with Crippen LogP contribution in [0.4, 0.5) is 0 Å². The Kier molecular flexibility index (Phi) is 9.40. The van der Waals surface area contributed by atoms with Crippen molar-refractivity contribution in [3.63, 3.8) is 0 Å². The van der Waals surface area contributed by atoms with Gasteiger partial charge in [0.05, 0.1) is 13.2 Å². The third-order valence-corrected chi connectivity index (χ3v) is 5.18. The van der Waals surface area contributed by atoms with Crippen LogP contribution in [-0.4, -0.2) is 48.1 Å². The highest BCUT2D eigenvalue weighted by Gasteiger charge is 2.25. The lowest BCUT2D eigenvalue weighted by Gasteiger charge is -2.24. The topological polar surface area (TPSA) is 68.7 Å². The lowest BCUT2D eigenvalue weighted by molar-refractivity contribution is -0.131. The van der Waals surface area contributed by atoms with Crippen LogP contribution >= 0.6 is 22.9 Å². The molecule has 0 N–H and O–H groups in total. The second-order valence-electron chi connectivity index (χ2n) is 5.93. The number of thiazole rings is 1. The summed E-state index contributed by atoms with van der Waals surface area (Å²) in [6.45, 7) is 5.93. The molecule has 28 heavy (non-hydrogen) atoms. The van der Waals surface area contributed by atoms with Gasteiger partial charge >= 0.3 is 5.97 Å². The van der Waals surface area contributed by atoms with Crippen LogP contribution in [0.1, 0.15) is 46.7 Å². The molecule has 152 valence electrons. The number of nitrogens with zero attached hydrogens (tertiary/aromatic N) is 2. The first-order valence-electron chi connectivity index (χ1n) is 9.23. The van der Waals surface area contributed by atoms with E-state index in [9.17, 15) is 9.59 Å². The van der Waals surface area contributed by atoms with E-state index < -0.39 is 11.3 Å². The van der Waals surface area contributed by atoms with Crippen molar-refractivity contribution in [1.82, 2.24) is 9.88 Å². The van der Waals surface area contributed by atoms with Crippen molar-refractivity contribution in [2.45, 2.75) is 32.2 Å². The molecule has 0 spiro atoms. The van der Waals surface area contributed by atoms with E-state index in [1.54, 1.807) is 17.2 Å². The normalized spacial score (nSPS) is 11.8. The van der Waals surface area contributed by atoms with Gasteiger partial charge in [-0.15, -0.1) is 22.9 Å². The summed E-state index contributed by atoms with van der Waals surface area (Å²) in [5.41, 5.74) is 1.00. The number of carbonyl (C=O) groups excluding carboxylic acids is 2. The number of hydrogen-bond donors (Lipinski definition) is 0. The van der Waals surface area contributed by atoms with E-state index in [1.165, 1.54) is 11.3 Å². The monoisotopic (exact) mass is 424 g/mol. The van der Waals surface area contributed by atoms with Crippen LogP contribution in [0.15, 0.2) is 35.7 Å². The van der Waals surface area contributed by atoms with Crippen LogP contribution in [0.3, 0.4) is 0 Å². The Morgan fingerprint density at radius 3 is 2.64 bits per heavy atom. The summed E-state index contributed by atoms with van der Waals surface area (Å²) >= 11 is 7.76. The van der Waals surface area contributed by atoms with E-state index in [-0.39, 0.29) is 18.1 Å². The van der Waals surface area contributed by atoms with Crippen LogP contribution in [0.2, 0.25) is 0 Å². The summed E-state index contributed by atoms with van der Waals surface area (Å²) in [7, 11) is 0. The third kappa shape index (κ3) is 6.58. The average molecular weight is 425 g/mol. The zero-order chi connectivity index (χ0) is 20.4. The van der Waals surface area contributed by atoms with Gasteiger partial charge in [-0.3, -0.25) is 4.79 Å². The predicted molar refractivity (Wildman–Crippen MR) is 110 cm³/mol. The van der Waals surface area contributed by atoms with Crippen molar-refractivity contribution in [1.29, 1.82) is 0 Å². The molecule has 0 saturated heterocycles. The minimum Gasteiger partial charge on any atom is -0.461 e. The van der Waals surface area contributed by atoms with Gasteiger partial charge < -0.3 is 14.4 Å². The molecule has 0 saturated carbocycles. The maximum atomic E-state index is 13.0. The van der Waals surface area contributed by atoms with Gasteiger partial charge in [-0.2, -0.15) is 0 Å². The summed E-state index contributed by atoms with van der Waals surface area (Å²) in [6.07, 6.45) is 0.689. The Hall–Kier alpha value is -1.96. The number of rotatable bonds is 11. The van der Waals surface area contributed by atoms with Crippen molar-refractivity contribution >= 4 is 34.8 Å². The summed E-state index contributed by atoms with van der Waals surface area (Å²) in [4.78, 5) is 30.8. The molecule has 1 atom stereocenters. The number of aromatic nitrogens is 1. The lowest BCUT2D eigenvalue weighted by Crippen LogP contribution is -2.34. The first-order valence-corrected chi connectivity index (χ1v) is 10.6. The summed E-state index contributed by atoms with van der Waals surface area (Å²) in [6, 6.07) is 9.24. The van der Waals surface area contributed by atoms with E-state index in [4.69, 9.17) is 21.1 Å². The molecule has 0 aliphatic rings. The van der Waals surface area contributed by atoms with Crippen molar-refractivity contribution in [3.8, 4) is 0 Å². The van der Waals surface area contributed by atoms with Crippen LogP contribution in [-0.2, 0) is 20.8 Å². The Bertz CT molecular complexity index is 754. The minimum atomic E-state index is -0.780. The number of benzene rings is 1. The fourth-order valence-corrected chi connectivity index (χ4v) is 3.60. The van der Waals surface area contributed by atoms with Gasteiger partial charge in [-0.05, 0) is 25.8 Å². The number of hydrogen-bond acceptors (Lipinski definition) is 6. The summed E-state index contributed by atoms with van der Waals surface area (Å²) in [5, 5.41) is 1.52. The molecule has 1 aromatic heterocycles. The third-order valence-electron chi connectivity index (χ3n) is 3.90. The molecular weight excluding hydrogens is 400 g/mol. The quantitative estimate of drug-likeness (QED) is 0.309. The minimum absolute atomic E-state index is 0.197. The Balaban J connectivity index is 2.10. The van der Waals surface area contributed by atoms with Gasteiger partial charge in [0.1, 0.15) is 10.4 Å². The largest absolute Gasteiger partial charge is 0.461 e. The zero-order valence-electron chi connectivity index (χ0n) is 16.1. The van der Waals surface area contributed by atoms with Gasteiger partial charge in [-0.25, -0.2) is 9.78 Å². The SMILES string of the molecule is CCOCCCN(Cc1nc(C(=O)OCC)cs1)C(=O)C(Cl)c1ccccc1. The van der Waals surface area contributed by atoms with E-state index in [0.29, 0.717) is 37.8 Å². The molecule has 1 unspecified atom stereocenters. The van der Waals surface area contributed by atoms with Gasteiger partial charge in [0.25, 0.3) is 0 Å². The molecule has 0 radical (unpaired) electrons. The highest BCUT2D eigenvalue weighted by molar-refractivity contribution is 7.09. The molecule has 0 aliphatic heterocycles. The second-order valence-corrected chi connectivity index (χ2v) is 7.31. The van der Waals surface area contributed by atoms with Crippen molar-refractivity contribution in [3.05, 3.63) is 52.0 Å². The molecule has 8 heteroatoms. The molecule has 0 fully saturated rings. The van der Waals surface area contributed by atoms with Crippen LogP contribution in [0.5, 0.6) is 0 Å². The van der Waals surface area contributed by atoms with Crippen molar-refractivity contribution < 1.29 is 19.1 Å². The Morgan fingerprint density at radius 2 is 1.96 bits per heavy atom.